The lowest BCUT2D eigenvalue weighted by Crippen LogP contribution is -2.65. The molecule has 5 heterocycles. The van der Waals surface area contributed by atoms with Gasteiger partial charge in [-0.3, -0.25) is 9.69 Å². The Morgan fingerprint density at radius 2 is 1.86 bits per heavy atom. The molecule has 192 valence electrons. The molecule has 3 saturated heterocycles. The highest BCUT2D eigenvalue weighted by Crippen LogP contribution is 2.32. The Bertz CT molecular complexity index is 1380. The molecule has 1 aromatic carbocycles. The summed E-state index contributed by atoms with van der Waals surface area (Å²) in [5.74, 6) is 1.02. The van der Waals surface area contributed by atoms with E-state index in [1.165, 1.54) is 0 Å². The smallest absolute Gasteiger partial charge is 0.248 e. The van der Waals surface area contributed by atoms with Gasteiger partial charge in [0, 0.05) is 82.1 Å². The number of aromatic nitrogens is 2. The maximum atomic E-state index is 12.0. The van der Waals surface area contributed by atoms with Gasteiger partial charge in [-0.15, -0.1) is 0 Å². The number of anilines is 3. The quantitative estimate of drug-likeness (QED) is 0.585. The fourth-order valence-electron chi connectivity index (χ4n) is 6.28. The number of fused-ring (bicyclic) bond motifs is 2. The van der Waals surface area contributed by atoms with Crippen molar-refractivity contribution in [2.75, 3.05) is 67.6 Å². The van der Waals surface area contributed by atoms with Gasteiger partial charge in [-0.25, -0.2) is 4.98 Å². The summed E-state index contributed by atoms with van der Waals surface area (Å²) in [6, 6.07) is 14.6. The first-order valence-electron chi connectivity index (χ1n) is 13.1. The third-order valence-corrected chi connectivity index (χ3v) is 8.24. The second-order valence-corrected chi connectivity index (χ2v) is 10.4. The molecule has 2 unspecified atom stereocenters. The highest BCUT2D eigenvalue weighted by Gasteiger charge is 2.37. The van der Waals surface area contributed by atoms with E-state index in [2.05, 4.69) is 49.7 Å². The summed E-state index contributed by atoms with van der Waals surface area (Å²) in [6.45, 7) is 8.91. The van der Waals surface area contributed by atoms with Gasteiger partial charge in [-0.1, -0.05) is 0 Å². The van der Waals surface area contributed by atoms with Crippen LogP contribution in [-0.4, -0.2) is 86.0 Å². The number of methoxy groups -OCH3 is 1. The standard InChI is InChI=1S/C28H33N7O2/c1-19-15-34(25-6-3-20(13-29)28-24(25)5-8-27(36)31-28)17-22-16-32(11-12-35(19)22)21-4-7-26(30-14-21)33-10-9-23(18-33)37-2/h3-8,14,19,22-23H,9-12,15-18H2,1-2H3,(H,31,36)/t19-,22?,23?/m0/s1. The third kappa shape index (κ3) is 4.41. The monoisotopic (exact) mass is 499 g/mol. The van der Waals surface area contributed by atoms with Gasteiger partial charge in [-0.2, -0.15) is 5.26 Å². The van der Waals surface area contributed by atoms with Crippen LogP contribution in [0, 0.1) is 11.3 Å². The van der Waals surface area contributed by atoms with Crippen LogP contribution < -0.4 is 20.3 Å². The summed E-state index contributed by atoms with van der Waals surface area (Å²) in [6.07, 6.45) is 3.35. The van der Waals surface area contributed by atoms with E-state index in [4.69, 9.17) is 9.72 Å². The maximum Gasteiger partial charge on any atom is 0.248 e. The van der Waals surface area contributed by atoms with Crippen molar-refractivity contribution < 1.29 is 4.74 Å². The van der Waals surface area contributed by atoms with E-state index >= 15 is 0 Å². The van der Waals surface area contributed by atoms with E-state index in [9.17, 15) is 10.1 Å². The topological polar surface area (TPSA) is 91.7 Å². The van der Waals surface area contributed by atoms with Gasteiger partial charge < -0.3 is 24.4 Å². The van der Waals surface area contributed by atoms with Crippen LogP contribution in [0.15, 0.2) is 47.4 Å². The molecule has 1 N–H and O–H groups in total. The van der Waals surface area contributed by atoms with Gasteiger partial charge in [0.25, 0.3) is 0 Å². The molecule has 3 atom stereocenters. The summed E-state index contributed by atoms with van der Waals surface area (Å²) >= 11 is 0. The normalized spacial score (nSPS) is 24.4. The van der Waals surface area contributed by atoms with Gasteiger partial charge in [-0.05, 0) is 43.7 Å². The third-order valence-electron chi connectivity index (χ3n) is 8.24. The Labute approximate surface area is 216 Å². The molecule has 9 nitrogen and oxygen atoms in total. The highest BCUT2D eigenvalue weighted by atomic mass is 16.5. The van der Waals surface area contributed by atoms with Crippen molar-refractivity contribution in [2.45, 2.75) is 31.5 Å². The molecule has 6 rings (SSSR count). The Hall–Kier alpha value is -3.61. The maximum absolute atomic E-state index is 12.0. The number of rotatable bonds is 4. The van der Waals surface area contributed by atoms with Gasteiger partial charge in [0.2, 0.25) is 5.56 Å². The predicted octanol–water partition coefficient (Wildman–Crippen LogP) is 2.42. The lowest BCUT2D eigenvalue weighted by Gasteiger charge is -2.51. The predicted molar refractivity (Wildman–Crippen MR) is 146 cm³/mol. The first kappa shape index (κ1) is 23.8. The Balaban J connectivity index is 1.21. The van der Waals surface area contributed by atoms with Crippen molar-refractivity contribution in [1.29, 1.82) is 5.26 Å². The average Bonchev–Trinajstić information content (AvgIpc) is 3.41. The first-order valence-corrected chi connectivity index (χ1v) is 13.1. The number of hydrogen-bond donors (Lipinski definition) is 1. The summed E-state index contributed by atoms with van der Waals surface area (Å²) < 4.78 is 5.51. The van der Waals surface area contributed by atoms with Crippen LogP contribution in [0.4, 0.5) is 17.2 Å². The molecular formula is C28H33N7O2. The number of nitriles is 1. The SMILES string of the molecule is COC1CCN(c2ccc(N3CCN4C(C3)CN(c3ccc(C#N)c5[nH]c(=O)ccc35)C[C@@H]4C)cn2)C1. The minimum atomic E-state index is -0.190. The number of nitrogens with zero attached hydrogens (tertiary/aromatic N) is 6. The number of piperazine rings is 2. The minimum absolute atomic E-state index is 0.190. The van der Waals surface area contributed by atoms with Gasteiger partial charge in [0.1, 0.15) is 11.9 Å². The molecule has 3 aliphatic rings. The molecule has 0 bridgehead atoms. The number of ether oxygens (including phenoxy) is 1. The lowest BCUT2D eigenvalue weighted by atomic mass is 10.0. The molecule has 37 heavy (non-hydrogen) atoms. The van der Waals surface area contributed by atoms with Crippen LogP contribution in [0.5, 0.6) is 0 Å². The zero-order chi connectivity index (χ0) is 25.5. The molecule has 0 saturated carbocycles. The Kier molecular flexibility index (Phi) is 6.22. The second kappa shape index (κ2) is 9.69. The van der Waals surface area contributed by atoms with E-state index in [1.807, 2.05) is 24.4 Å². The fourth-order valence-corrected chi connectivity index (χ4v) is 6.28. The second-order valence-electron chi connectivity index (χ2n) is 10.4. The van der Waals surface area contributed by atoms with Crippen LogP contribution in [0.25, 0.3) is 10.9 Å². The number of pyridine rings is 2. The zero-order valence-electron chi connectivity index (χ0n) is 21.4. The average molecular weight is 500 g/mol. The van der Waals surface area contributed by atoms with Crippen LogP contribution in [-0.2, 0) is 4.74 Å². The van der Waals surface area contributed by atoms with Crippen molar-refractivity contribution in [3.05, 3.63) is 58.5 Å². The van der Waals surface area contributed by atoms with Crippen LogP contribution in [0.1, 0.15) is 18.9 Å². The van der Waals surface area contributed by atoms with Crippen molar-refractivity contribution >= 4 is 28.1 Å². The van der Waals surface area contributed by atoms with E-state index < -0.39 is 0 Å². The molecule has 0 aliphatic carbocycles. The molecule has 0 radical (unpaired) electrons. The van der Waals surface area contributed by atoms with Crippen LogP contribution in [0.2, 0.25) is 0 Å². The fraction of sp³-hybridized carbons (Fsp3) is 0.464. The van der Waals surface area contributed by atoms with E-state index in [0.717, 1.165) is 74.8 Å². The first-order chi connectivity index (χ1) is 18.0. The van der Waals surface area contributed by atoms with Crippen LogP contribution in [0.3, 0.4) is 0 Å². The summed E-state index contributed by atoms with van der Waals surface area (Å²) in [5.41, 5.74) is 3.16. The lowest BCUT2D eigenvalue weighted by molar-refractivity contribution is 0.108. The van der Waals surface area contributed by atoms with E-state index in [-0.39, 0.29) is 5.56 Å². The number of hydrogen-bond acceptors (Lipinski definition) is 8. The summed E-state index contributed by atoms with van der Waals surface area (Å²) in [4.78, 5) is 29.4. The molecule has 0 spiro atoms. The van der Waals surface area contributed by atoms with Crippen LogP contribution >= 0.6 is 0 Å². The Morgan fingerprint density at radius 3 is 2.62 bits per heavy atom. The van der Waals surface area contributed by atoms with E-state index in [0.29, 0.717) is 29.3 Å². The molecule has 2 aromatic heterocycles. The largest absolute Gasteiger partial charge is 0.380 e. The number of aromatic amines is 1. The number of H-pyrrole nitrogens is 1. The summed E-state index contributed by atoms with van der Waals surface area (Å²) in [7, 11) is 1.78. The van der Waals surface area contributed by atoms with Gasteiger partial charge >= 0.3 is 0 Å². The Morgan fingerprint density at radius 1 is 1.00 bits per heavy atom. The van der Waals surface area contributed by atoms with Crippen molar-refractivity contribution in [3.8, 4) is 6.07 Å². The zero-order valence-corrected chi connectivity index (χ0v) is 21.4. The minimum Gasteiger partial charge on any atom is -0.380 e. The van der Waals surface area contributed by atoms with Gasteiger partial charge in [0.05, 0.1) is 29.1 Å². The molecule has 9 heteroatoms. The van der Waals surface area contributed by atoms with Crippen molar-refractivity contribution in [3.63, 3.8) is 0 Å². The highest BCUT2D eigenvalue weighted by molar-refractivity contribution is 5.95. The number of benzene rings is 1. The van der Waals surface area contributed by atoms with E-state index in [1.54, 1.807) is 13.2 Å². The van der Waals surface area contributed by atoms with Crippen molar-refractivity contribution in [1.82, 2.24) is 14.9 Å². The van der Waals surface area contributed by atoms with Gasteiger partial charge in [0.15, 0.2) is 0 Å². The molecule has 0 amide bonds. The summed E-state index contributed by atoms with van der Waals surface area (Å²) in [5, 5.41) is 10.5. The molecule has 3 aromatic rings. The number of nitrogens with one attached hydrogen (secondary N) is 1. The molecular weight excluding hydrogens is 466 g/mol. The molecule has 3 fully saturated rings. The van der Waals surface area contributed by atoms with Crippen molar-refractivity contribution in [2.24, 2.45) is 0 Å². The molecule has 3 aliphatic heterocycles.